The van der Waals surface area contributed by atoms with E-state index in [4.69, 9.17) is 4.74 Å². The molecule has 0 fully saturated rings. The van der Waals surface area contributed by atoms with Gasteiger partial charge in [0.1, 0.15) is 0 Å². The van der Waals surface area contributed by atoms with E-state index in [2.05, 4.69) is 24.4 Å². The lowest BCUT2D eigenvalue weighted by molar-refractivity contribution is -0.146. The van der Waals surface area contributed by atoms with E-state index in [1.54, 1.807) is 0 Å². The molecule has 0 bridgehead atoms. The molecule has 1 N–H and O–H groups in total. The molecular weight excluding hydrogens is 226 g/mol. The first-order chi connectivity index (χ1) is 8.56. The molecule has 0 spiro atoms. The van der Waals surface area contributed by atoms with E-state index in [9.17, 15) is 4.79 Å². The van der Waals surface area contributed by atoms with Crippen molar-refractivity contribution in [2.24, 2.45) is 11.8 Å². The van der Waals surface area contributed by atoms with Gasteiger partial charge in [0, 0.05) is 12.6 Å². The molecule has 0 amide bonds. The molecule has 0 saturated heterocycles. The van der Waals surface area contributed by atoms with Crippen LogP contribution in [0.1, 0.15) is 32.4 Å². The maximum absolute atomic E-state index is 11.6. The van der Waals surface area contributed by atoms with Gasteiger partial charge in [0.2, 0.25) is 0 Å². The van der Waals surface area contributed by atoms with Crippen LogP contribution in [0.5, 0.6) is 0 Å². The molecule has 18 heavy (non-hydrogen) atoms. The average molecular weight is 249 g/mol. The lowest BCUT2D eigenvalue weighted by atomic mass is 9.95. The summed E-state index contributed by atoms with van der Waals surface area (Å²) in [6.45, 7) is 6.82. The van der Waals surface area contributed by atoms with Crippen LogP contribution in [-0.4, -0.2) is 19.6 Å². The van der Waals surface area contributed by atoms with E-state index >= 15 is 0 Å². The normalized spacial score (nSPS) is 14.3. The Hall–Kier alpha value is -1.35. The molecule has 3 heteroatoms. The molecule has 0 aliphatic rings. The van der Waals surface area contributed by atoms with Crippen LogP contribution < -0.4 is 5.32 Å². The summed E-state index contributed by atoms with van der Waals surface area (Å²) in [5.74, 6) is 0.0341. The van der Waals surface area contributed by atoms with Gasteiger partial charge in [-0.1, -0.05) is 44.2 Å². The second-order valence-electron chi connectivity index (χ2n) is 4.91. The van der Waals surface area contributed by atoms with Gasteiger partial charge in [0.05, 0.1) is 13.0 Å². The van der Waals surface area contributed by atoms with Crippen molar-refractivity contribution in [1.29, 1.82) is 0 Å². The van der Waals surface area contributed by atoms with Crippen LogP contribution in [0.2, 0.25) is 0 Å². The summed E-state index contributed by atoms with van der Waals surface area (Å²) in [4.78, 5) is 11.6. The van der Waals surface area contributed by atoms with Crippen LogP contribution in [0.25, 0.3) is 0 Å². The number of esters is 1. The first kappa shape index (κ1) is 14.7. The minimum Gasteiger partial charge on any atom is -0.469 e. The van der Waals surface area contributed by atoms with Crippen molar-refractivity contribution < 1.29 is 9.53 Å². The van der Waals surface area contributed by atoms with E-state index in [0.717, 1.165) is 0 Å². The van der Waals surface area contributed by atoms with E-state index < -0.39 is 0 Å². The number of rotatable bonds is 6. The third-order valence-electron chi connectivity index (χ3n) is 3.25. The second kappa shape index (κ2) is 7.17. The highest BCUT2D eigenvalue weighted by Crippen LogP contribution is 2.15. The van der Waals surface area contributed by atoms with Crippen LogP contribution in [0.15, 0.2) is 30.3 Å². The summed E-state index contributed by atoms with van der Waals surface area (Å²) in [6.07, 6.45) is 0. The Morgan fingerprint density at radius 3 is 2.33 bits per heavy atom. The van der Waals surface area contributed by atoms with Crippen molar-refractivity contribution in [2.75, 3.05) is 13.7 Å². The first-order valence-electron chi connectivity index (χ1n) is 6.42. The number of carbonyl (C=O) groups excluding carboxylic acids is 1. The molecule has 0 saturated carbocycles. The molecule has 2 unspecified atom stereocenters. The summed E-state index contributed by atoms with van der Waals surface area (Å²) < 4.78 is 4.83. The molecule has 2 atom stereocenters. The fraction of sp³-hybridized carbons (Fsp3) is 0.533. The van der Waals surface area contributed by atoms with E-state index in [1.165, 1.54) is 12.7 Å². The number of nitrogens with one attached hydrogen (secondary N) is 1. The van der Waals surface area contributed by atoms with E-state index in [1.807, 2.05) is 32.0 Å². The van der Waals surface area contributed by atoms with Crippen molar-refractivity contribution in [3.05, 3.63) is 35.9 Å². The molecular formula is C15H23NO2. The zero-order valence-electron chi connectivity index (χ0n) is 11.6. The van der Waals surface area contributed by atoms with Gasteiger partial charge in [-0.2, -0.15) is 0 Å². The summed E-state index contributed by atoms with van der Waals surface area (Å²) >= 11 is 0. The average Bonchev–Trinajstić information content (AvgIpc) is 2.39. The number of ether oxygens (including phenoxy) is 1. The Kier molecular flexibility index (Phi) is 5.86. The molecule has 0 radical (unpaired) electrons. The molecule has 0 aromatic heterocycles. The van der Waals surface area contributed by atoms with Crippen LogP contribution in [0.3, 0.4) is 0 Å². The van der Waals surface area contributed by atoms with Gasteiger partial charge in [0.25, 0.3) is 0 Å². The third-order valence-corrected chi connectivity index (χ3v) is 3.25. The van der Waals surface area contributed by atoms with Gasteiger partial charge >= 0.3 is 5.97 Å². The number of methoxy groups -OCH3 is 1. The monoisotopic (exact) mass is 249 g/mol. The summed E-state index contributed by atoms with van der Waals surface area (Å²) in [5, 5.41) is 3.39. The SMILES string of the molecule is COC(=O)C(CNC(C)c1ccccc1)C(C)C. The standard InChI is InChI=1S/C15H23NO2/c1-11(2)14(15(17)18-4)10-16-12(3)13-8-6-5-7-9-13/h5-9,11-12,14,16H,10H2,1-4H3. The van der Waals surface area contributed by atoms with Crippen molar-refractivity contribution in [3.8, 4) is 0 Å². The van der Waals surface area contributed by atoms with Crippen molar-refractivity contribution in [2.45, 2.75) is 26.8 Å². The molecule has 0 aliphatic heterocycles. The molecule has 0 aliphatic carbocycles. The quantitative estimate of drug-likeness (QED) is 0.788. The highest BCUT2D eigenvalue weighted by molar-refractivity contribution is 5.72. The summed E-state index contributed by atoms with van der Waals surface area (Å²) in [6, 6.07) is 10.4. The van der Waals surface area contributed by atoms with Gasteiger partial charge in [0.15, 0.2) is 0 Å². The Morgan fingerprint density at radius 2 is 1.83 bits per heavy atom. The molecule has 3 nitrogen and oxygen atoms in total. The van der Waals surface area contributed by atoms with Gasteiger partial charge in [-0.05, 0) is 18.4 Å². The predicted octanol–water partition coefficient (Wildman–Crippen LogP) is 2.78. The molecule has 0 heterocycles. The Bertz CT molecular complexity index is 362. The lowest BCUT2D eigenvalue weighted by Crippen LogP contribution is -2.34. The summed E-state index contributed by atoms with van der Waals surface area (Å²) in [7, 11) is 1.44. The predicted molar refractivity (Wildman–Crippen MR) is 73.2 cm³/mol. The number of hydrogen-bond donors (Lipinski definition) is 1. The zero-order valence-corrected chi connectivity index (χ0v) is 11.6. The van der Waals surface area contributed by atoms with Crippen LogP contribution in [0.4, 0.5) is 0 Å². The second-order valence-corrected chi connectivity index (χ2v) is 4.91. The third kappa shape index (κ3) is 4.15. The minimum atomic E-state index is -0.141. The number of benzene rings is 1. The van der Waals surface area contributed by atoms with Crippen molar-refractivity contribution in [3.63, 3.8) is 0 Å². The van der Waals surface area contributed by atoms with Crippen LogP contribution in [0, 0.1) is 11.8 Å². The van der Waals surface area contributed by atoms with Crippen molar-refractivity contribution in [1.82, 2.24) is 5.32 Å². The van der Waals surface area contributed by atoms with Crippen molar-refractivity contribution >= 4 is 5.97 Å². The highest BCUT2D eigenvalue weighted by Gasteiger charge is 2.23. The maximum atomic E-state index is 11.6. The molecule has 100 valence electrons. The van der Waals surface area contributed by atoms with Gasteiger partial charge in [-0.25, -0.2) is 0 Å². The summed E-state index contributed by atoms with van der Waals surface area (Å²) in [5.41, 5.74) is 1.23. The number of carbonyl (C=O) groups is 1. The fourth-order valence-electron chi connectivity index (χ4n) is 1.91. The Morgan fingerprint density at radius 1 is 1.22 bits per heavy atom. The topological polar surface area (TPSA) is 38.3 Å². The Balaban J connectivity index is 2.55. The minimum absolute atomic E-state index is 0.0961. The largest absolute Gasteiger partial charge is 0.469 e. The zero-order chi connectivity index (χ0) is 13.5. The molecule has 1 aromatic carbocycles. The van der Waals surface area contributed by atoms with Gasteiger partial charge < -0.3 is 10.1 Å². The van der Waals surface area contributed by atoms with E-state index in [0.29, 0.717) is 6.54 Å². The molecule has 1 rings (SSSR count). The highest BCUT2D eigenvalue weighted by atomic mass is 16.5. The first-order valence-corrected chi connectivity index (χ1v) is 6.42. The van der Waals surface area contributed by atoms with Crippen LogP contribution in [-0.2, 0) is 9.53 Å². The smallest absolute Gasteiger partial charge is 0.310 e. The maximum Gasteiger partial charge on any atom is 0.310 e. The lowest BCUT2D eigenvalue weighted by Gasteiger charge is -2.22. The van der Waals surface area contributed by atoms with Gasteiger partial charge in [-0.15, -0.1) is 0 Å². The van der Waals surface area contributed by atoms with E-state index in [-0.39, 0.29) is 23.8 Å². The molecule has 1 aromatic rings. The fourth-order valence-corrected chi connectivity index (χ4v) is 1.91. The Labute approximate surface area is 110 Å². The number of hydrogen-bond acceptors (Lipinski definition) is 3. The van der Waals surface area contributed by atoms with Crippen LogP contribution >= 0.6 is 0 Å². The van der Waals surface area contributed by atoms with Gasteiger partial charge in [-0.3, -0.25) is 4.79 Å².